The molecule has 0 aliphatic carbocycles. The van der Waals surface area contributed by atoms with E-state index in [4.69, 9.17) is 5.73 Å². The Hall–Kier alpha value is -2.82. The Morgan fingerprint density at radius 1 is 1.00 bits per heavy atom. The van der Waals surface area contributed by atoms with Gasteiger partial charge in [0.25, 0.3) is 0 Å². The Kier molecular flexibility index (Phi) is 6.80. The molecule has 5 heteroatoms. The first-order valence-corrected chi connectivity index (χ1v) is 10.8. The van der Waals surface area contributed by atoms with Gasteiger partial charge in [0, 0.05) is 25.1 Å². The van der Waals surface area contributed by atoms with Crippen LogP contribution in [0.3, 0.4) is 0 Å². The topological polar surface area (TPSA) is 75.4 Å². The average molecular weight is 408 g/mol. The van der Waals surface area contributed by atoms with Gasteiger partial charge in [-0.1, -0.05) is 45.0 Å². The third-order valence-electron chi connectivity index (χ3n) is 5.71. The van der Waals surface area contributed by atoms with E-state index in [9.17, 15) is 9.59 Å². The van der Waals surface area contributed by atoms with Crippen molar-refractivity contribution in [1.82, 2.24) is 0 Å². The first-order valence-electron chi connectivity index (χ1n) is 10.8. The lowest BCUT2D eigenvalue weighted by Gasteiger charge is -2.30. The molecule has 2 aromatic carbocycles. The summed E-state index contributed by atoms with van der Waals surface area (Å²) >= 11 is 0. The number of carbonyl (C=O) groups excluding carboxylic acids is 2. The van der Waals surface area contributed by atoms with Crippen LogP contribution in [0.25, 0.3) is 0 Å². The molecule has 2 amide bonds. The van der Waals surface area contributed by atoms with Crippen molar-refractivity contribution >= 4 is 23.2 Å². The molecule has 1 heterocycles. The molecule has 5 nitrogen and oxygen atoms in total. The van der Waals surface area contributed by atoms with Crippen molar-refractivity contribution < 1.29 is 9.59 Å². The van der Waals surface area contributed by atoms with Crippen LogP contribution < -0.4 is 16.0 Å². The number of hydrogen-bond donors (Lipinski definition) is 2. The molecule has 160 valence electrons. The van der Waals surface area contributed by atoms with Gasteiger partial charge < -0.3 is 16.0 Å². The number of nitrogens with one attached hydrogen (secondary N) is 1. The van der Waals surface area contributed by atoms with Crippen LogP contribution in [-0.2, 0) is 16.6 Å². The van der Waals surface area contributed by atoms with Crippen molar-refractivity contribution in [2.24, 2.45) is 5.73 Å². The van der Waals surface area contributed by atoms with Crippen LogP contribution in [0.4, 0.5) is 11.4 Å². The molecule has 0 atom stereocenters. The SMILES string of the molecule is CC(C)(C)c1ccc(CCC(=O)Nc2cc(C(N)=O)ccc2N2CCCCC2)cc1. The highest BCUT2D eigenvalue weighted by atomic mass is 16.2. The molecule has 0 unspecified atom stereocenters. The molecule has 1 aliphatic rings. The molecule has 0 bridgehead atoms. The van der Waals surface area contributed by atoms with Crippen LogP contribution in [0.5, 0.6) is 0 Å². The van der Waals surface area contributed by atoms with Crippen molar-refractivity contribution in [3.8, 4) is 0 Å². The third-order valence-corrected chi connectivity index (χ3v) is 5.71. The quantitative estimate of drug-likeness (QED) is 0.732. The van der Waals surface area contributed by atoms with Gasteiger partial charge in [-0.05, 0) is 60.4 Å². The van der Waals surface area contributed by atoms with E-state index in [1.54, 1.807) is 12.1 Å². The summed E-state index contributed by atoms with van der Waals surface area (Å²) < 4.78 is 0. The normalized spacial score (nSPS) is 14.4. The summed E-state index contributed by atoms with van der Waals surface area (Å²) in [6, 6.07) is 13.8. The van der Waals surface area contributed by atoms with Crippen LogP contribution in [0.15, 0.2) is 42.5 Å². The van der Waals surface area contributed by atoms with E-state index >= 15 is 0 Å². The van der Waals surface area contributed by atoms with Gasteiger partial charge in [-0.25, -0.2) is 0 Å². The van der Waals surface area contributed by atoms with E-state index in [1.165, 1.54) is 12.0 Å². The summed E-state index contributed by atoms with van der Waals surface area (Å²) in [7, 11) is 0. The summed E-state index contributed by atoms with van der Waals surface area (Å²) in [5, 5.41) is 3.02. The Morgan fingerprint density at radius 2 is 1.67 bits per heavy atom. The average Bonchev–Trinajstić information content (AvgIpc) is 2.72. The molecular weight excluding hydrogens is 374 g/mol. The molecular formula is C25H33N3O2. The second kappa shape index (κ2) is 9.33. The predicted octanol–water partition coefficient (Wildman–Crippen LogP) is 4.64. The summed E-state index contributed by atoms with van der Waals surface area (Å²) in [4.78, 5) is 26.6. The lowest BCUT2D eigenvalue weighted by Crippen LogP contribution is -2.30. The third kappa shape index (κ3) is 5.62. The van der Waals surface area contributed by atoms with E-state index < -0.39 is 5.91 Å². The number of aryl methyl sites for hydroxylation is 1. The number of hydrogen-bond acceptors (Lipinski definition) is 3. The predicted molar refractivity (Wildman–Crippen MR) is 123 cm³/mol. The Labute approximate surface area is 179 Å². The molecule has 0 radical (unpaired) electrons. The number of primary amides is 1. The van der Waals surface area contributed by atoms with E-state index in [-0.39, 0.29) is 11.3 Å². The van der Waals surface area contributed by atoms with Crippen molar-refractivity contribution in [2.75, 3.05) is 23.3 Å². The second-order valence-electron chi connectivity index (χ2n) is 9.14. The van der Waals surface area contributed by atoms with E-state index in [2.05, 4.69) is 55.3 Å². The number of anilines is 2. The standard InChI is InChI=1S/C25H33N3O2/c1-25(2,3)20-11-7-18(8-12-20)9-14-23(29)27-21-17-19(24(26)30)10-13-22(21)28-15-5-4-6-16-28/h7-8,10-13,17H,4-6,9,14-16H2,1-3H3,(H2,26,30)(H,27,29). The first kappa shape index (κ1) is 21.9. The van der Waals surface area contributed by atoms with Crippen LogP contribution in [0.2, 0.25) is 0 Å². The zero-order chi connectivity index (χ0) is 21.7. The minimum absolute atomic E-state index is 0.0604. The zero-order valence-electron chi connectivity index (χ0n) is 18.3. The fourth-order valence-corrected chi connectivity index (χ4v) is 3.84. The monoisotopic (exact) mass is 407 g/mol. The maximum Gasteiger partial charge on any atom is 0.248 e. The number of piperidine rings is 1. The summed E-state index contributed by atoms with van der Waals surface area (Å²) in [5.41, 5.74) is 10.0. The molecule has 2 aromatic rings. The Morgan fingerprint density at radius 3 is 2.27 bits per heavy atom. The summed E-state index contributed by atoms with van der Waals surface area (Å²) in [6.07, 6.45) is 4.55. The smallest absolute Gasteiger partial charge is 0.248 e. The molecule has 0 saturated carbocycles. The number of nitrogens with zero attached hydrogens (tertiary/aromatic N) is 1. The van der Waals surface area contributed by atoms with Crippen LogP contribution >= 0.6 is 0 Å². The highest BCUT2D eigenvalue weighted by Crippen LogP contribution is 2.30. The van der Waals surface area contributed by atoms with Gasteiger partial charge >= 0.3 is 0 Å². The Balaban J connectivity index is 1.68. The molecule has 1 aliphatic heterocycles. The summed E-state index contributed by atoms with van der Waals surface area (Å²) in [6.45, 7) is 8.48. The van der Waals surface area contributed by atoms with E-state index in [1.807, 2.05) is 6.07 Å². The van der Waals surface area contributed by atoms with Crippen molar-refractivity contribution in [3.63, 3.8) is 0 Å². The maximum absolute atomic E-state index is 12.7. The number of amides is 2. The van der Waals surface area contributed by atoms with Gasteiger partial charge in [0.1, 0.15) is 0 Å². The number of nitrogens with two attached hydrogens (primary N) is 1. The van der Waals surface area contributed by atoms with Gasteiger partial charge in [0.05, 0.1) is 11.4 Å². The minimum atomic E-state index is -0.491. The molecule has 30 heavy (non-hydrogen) atoms. The second-order valence-corrected chi connectivity index (χ2v) is 9.14. The molecule has 3 rings (SSSR count). The van der Waals surface area contributed by atoms with Gasteiger partial charge in [0.15, 0.2) is 0 Å². The zero-order valence-corrected chi connectivity index (χ0v) is 18.3. The molecule has 0 spiro atoms. The fourth-order valence-electron chi connectivity index (χ4n) is 3.84. The highest BCUT2D eigenvalue weighted by Gasteiger charge is 2.18. The molecule has 0 aromatic heterocycles. The van der Waals surface area contributed by atoms with Crippen LogP contribution in [0, 0.1) is 0 Å². The maximum atomic E-state index is 12.7. The van der Waals surface area contributed by atoms with Gasteiger partial charge in [-0.2, -0.15) is 0 Å². The number of rotatable bonds is 6. The molecule has 1 saturated heterocycles. The lowest BCUT2D eigenvalue weighted by molar-refractivity contribution is -0.116. The largest absolute Gasteiger partial charge is 0.370 e. The Bertz CT molecular complexity index is 892. The first-order chi connectivity index (χ1) is 14.2. The van der Waals surface area contributed by atoms with Crippen molar-refractivity contribution in [3.05, 3.63) is 59.2 Å². The highest BCUT2D eigenvalue weighted by molar-refractivity contribution is 5.99. The number of carbonyl (C=O) groups is 2. The fraction of sp³-hybridized carbons (Fsp3) is 0.440. The lowest BCUT2D eigenvalue weighted by atomic mass is 9.86. The van der Waals surface area contributed by atoms with Crippen molar-refractivity contribution in [2.45, 2.75) is 58.3 Å². The van der Waals surface area contributed by atoms with Crippen LogP contribution in [-0.4, -0.2) is 24.9 Å². The minimum Gasteiger partial charge on any atom is -0.370 e. The van der Waals surface area contributed by atoms with E-state index in [0.29, 0.717) is 24.1 Å². The molecule has 1 fully saturated rings. The summed E-state index contributed by atoms with van der Waals surface area (Å²) in [5.74, 6) is -0.551. The van der Waals surface area contributed by atoms with Crippen molar-refractivity contribution in [1.29, 1.82) is 0 Å². The van der Waals surface area contributed by atoms with Gasteiger partial charge in [-0.15, -0.1) is 0 Å². The number of benzene rings is 2. The van der Waals surface area contributed by atoms with Crippen LogP contribution in [0.1, 0.15) is 67.9 Å². The van der Waals surface area contributed by atoms with Gasteiger partial charge in [-0.3, -0.25) is 9.59 Å². The van der Waals surface area contributed by atoms with Gasteiger partial charge in [0.2, 0.25) is 11.8 Å². The van der Waals surface area contributed by atoms with E-state index in [0.717, 1.165) is 37.2 Å². The molecule has 3 N–H and O–H groups in total.